The first-order valence-electron chi connectivity index (χ1n) is 9.07. The lowest BCUT2D eigenvalue weighted by Crippen LogP contribution is -2.50. The average Bonchev–Trinajstić information content (AvgIpc) is 2.55. The van der Waals surface area contributed by atoms with E-state index in [0.29, 0.717) is 6.54 Å². The molecule has 1 aromatic heterocycles. The molecule has 1 amide bonds. The number of pyridine rings is 1. The Morgan fingerprint density at radius 3 is 2.56 bits per heavy atom. The predicted molar refractivity (Wildman–Crippen MR) is 103 cm³/mol. The van der Waals surface area contributed by atoms with Crippen LogP contribution >= 0.6 is 0 Å². The highest BCUT2D eigenvalue weighted by Gasteiger charge is 2.20. The number of nitrogens with one attached hydrogen (secondary N) is 1. The summed E-state index contributed by atoms with van der Waals surface area (Å²) in [6.07, 6.45) is 0. The molecule has 1 N–H and O–H groups in total. The van der Waals surface area contributed by atoms with Crippen LogP contribution in [0, 0.1) is 13.8 Å². The number of hydrogen-bond acceptors (Lipinski definition) is 4. The van der Waals surface area contributed by atoms with Crippen molar-refractivity contribution in [2.24, 2.45) is 0 Å². The maximum absolute atomic E-state index is 11.9. The van der Waals surface area contributed by atoms with E-state index in [9.17, 15) is 4.79 Å². The fraction of sp³-hybridized carbons (Fsp3) is 0.500. The first kappa shape index (κ1) is 17.7. The maximum Gasteiger partial charge on any atom is 0.234 e. The average molecular weight is 340 g/mol. The van der Waals surface area contributed by atoms with Crippen LogP contribution in [-0.4, -0.2) is 54.6 Å². The third kappa shape index (κ3) is 4.28. The Hall–Kier alpha value is -2.14. The fourth-order valence-corrected chi connectivity index (χ4v) is 3.36. The molecule has 5 nitrogen and oxygen atoms in total. The van der Waals surface area contributed by atoms with Gasteiger partial charge >= 0.3 is 0 Å². The van der Waals surface area contributed by atoms with Crippen LogP contribution in [0.3, 0.4) is 0 Å². The number of rotatable bonds is 4. The molecule has 5 heteroatoms. The normalized spacial score (nSPS) is 15.8. The Bertz CT molecular complexity index is 764. The molecule has 0 spiro atoms. The Balaban J connectivity index is 1.66. The van der Waals surface area contributed by atoms with Crippen molar-refractivity contribution < 1.29 is 4.79 Å². The third-order valence-electron chi connectivity index (χ3n) is 4.67. The van der Waals surface area contributed by atoms with Crippen LogP contribution in [-0.2, 0) is 4.79 Å². The molecular weight excluding hydrogens is 312 g/mol. The summed E-state index contributed by atoms with van der Waals surface area (Å²) in [5, 5.41) is 4.19. The SMILES string of the molecule is Cc1ccc2nc(N3CCN(CC(=O)NC(C)C)CC3)cc(C)c2c1. The molecule has 2 heterocycles. The zero-order valence-corrected chi connectivity index (χ0v) is 15.7. The first-order chi connectivity index (χ1) is 11.9. The molecule has 0 atom stereocenters. The lowest BCUT2D eigenvalue weighted by molar-refractivity contribution is -0.122. The van der Waals surface area contributed by atoms with Crippen molar-refractivity contribution in [2.75, 3.05) is 37.6 Å². The van der Waals surface area contributed by atoms with E-state index in [4.69, 9.17) is 4.98 Å². The quantitative estimate of drug-likeness (QED) is 0.929. The summed E-state index contributed by atoms with van der Waals surface area (Å²) in [7, 11) is 0. The van der Waals surface area contributed by atoms with Crippen LogP contribution in [0.4, 0.5) is 5.82 Å². The molecule has 1 fully saturated rings. The van der Waals surface area contributed by atoms with Gasteiger partial charge in [-0.25, -0.2) is 4.98 Å². The number of benzene rings is 1. The number of piperazine rings is 1. The number of carbonyl (C=O) groups excluding carboxylic acids is 1. The molecule has 3 rings (SSSR count). The van der Waals surface area contributed by atoms with Crippen molar-refractivity contribution in [3.05, 3.63) is 35.4 Å². The van der Waals surface area contributed by atoms with Crippen LogP contribution < -0.4 is 10.2 Å². The fourth-order valence-electron chi connectivity index (χ4n) is 3.36. The van der Waals surface area contributed by atoms with Crippen LogP contribution in [0.1, 0.15) is 25.0 Å². The minimum Gasteiger partial charge on any atom is -0.354 e. The second kappa shape index (κ2) is 7.40. The largest absolute Gasteiger partial charge is 0.354 e. The summed E-state index contributed by atoms with van der Waals surface area (Å²) in [4.78, 5) is 21.3. The summed E-state index contributed by atoms with van der Waals surface area (Å²) in [6, 6.07) is 8.80. The number of anilines is 1. The molecule has 1 aliphatic rings. The van der Waals surface area contributed by atoms with Crippen molar-refractivity contribution in [1.82, 2.24) is 15.2 Å². The van der Waals surface area contributed by atoms with E-state index in [1.807, 2.05) is 13.8 Å². The molecule has 1 aromatic carbocycles. The Morgan fingerprint density at radius 2 is 1.88 bits per heavy atom. The number of aromatic nitrogens is 1. The van der Waals surface area contributed by atoms with Gasteiger partial charge in [0.2, 0.25) is 5.91 Å². The second-order valence-electron chi connectivity index (χ2n) is 7.30. The number of nitrogens with zero attached hydrogens (tertiary/aromatic N) is 3. The summed E-state index contributed by atoms with van der Waals surface area (Å²) in [6.45, 7) is 12.3. The van der Waals surface area contributed by atoms with Crippen LogP contribution in [0.2, 0.25) is 0 Å². The minimum absolute atomic E-state index is 0.110. The van der Waals surface area contributed by atoms with Crippen LogP contribution in [0.5, 0.6) is 0 Å². The van der Waals surface area contributed by atoms with Crippen LogP contribution in [0.15, 0.2) is 24.3 Å². The number of amides is 1. The van der Waals surface area contributed by atoms with Gasteiger partial charge in [-0.1, -0.05) is 11.6 Å². The van der Waals surface area contributed by atoms with E-state index < -0.39 is 0 Å². The third-order valence-corrected chi connectivity index (χ3v) is 4.67. The van der Waals surface area contributed by atoms with Gasteiger partial charge in [-0.2, -0.15) is 0 Å². The van der Waals surface area contributed by atoms with E-state index in [2.05, 4.69) is 53.2 Å². The predicted octanol–water partition coefficient (Wildman–Crippen LogP) is 2.50. The molecular formula is C20H28N4O. The summed E-state index contributed by atoms with van der Waals surface area (Å²) in [5.41, 5.74) is 3.58. The highest BCUT2D eigenvalue weighted by Crippen LogP contribution is 2.24. The monoisotopic (exact) mass is 340 g/mol. The molecule has 0 saturated carbocycles. The number of carbonyl (C=O) groups is 1. The van der Waals surface area contributed by atoms with E-state index in [-0.39, 0.29) is 11.9 Å². The number of aryl methyl sites for hydroxylation is 2. The molecule has 0 bridgehead atoms. The van der Waals surface area contributed by atoms with Crippen molar-refractivity contribution in [3.63, 3.8) is 0 Å². The zero-order valence-electron chi connectivity index (χ0n) is 15.7. The molecule has 134 valence electrons. The maximum atomic E-state index is 11.9. The Kier molecular flexibility index (Phi) is 5.23. The number of fused-ring (bicyclic) bond motifs is 1. The van der Waals surface area contributed by atoms with E-state index in [1.54, 1.807) is 0 Å². The van der Waals surface area contributed by atoms with Crippen molar-refractivity contribution in [1.29, 1.82) is 0 Å². The molecule has 1 aliphatic heterocycles. The van der Waals surface area contributed by atoms with E-state index >= 15 is 0 Å². The molecule has 0 aliphatic carbocycles. The van der Waals surface area contributed by atoms with Crippen LogP contribution in [0.25, 0.3) is 10.9 Å². The second-order valence-corrected chi connectivity index (χ2v) is 7.30. The van der Waals surface area contributed by atoms with E-state index in [0.717, 1.165) is 37.5 Å². The smallest absolute Gasteiger partial charge is 0.234 e. The van der Waals surface area contributed by atoms with Crippen molar-refractivity contribution in [2.45, 2.75) is 33.7 Å². The molecule has 2 aromatic rings. The highest BCUT2D eigenvalue weighted by atomic mass is 16.2. The molecule has 1 saturated heterocycles. The lowest BCUT2D eigenvalue weighted by Gasteiger charge is -2.35. The van der Waals surface area contributed by atoms with Gasteiger partial charge in [-0.3, -0.25) is 9.69 Å². The standard InChI is InChI=1S/C20H28N4O/c1-14(2)21-20(25)13-23-7-9-24(10-8-23)19-12-16(4)17-11-15(3)5-6-18(17)22-19/h5-6,11-12,14H,7-10,13H2,1-4H3,(H,21,25). The highest BCUT2D eigenvalue weighted by molar-refractivity contribution is 5.84. The van der Waals surface area contributed by atoms with Gasteiger partial charge in [0.15, 0.2) is 0 Å². The number of hydrogen-bond donors (Lipinski definition) is 1. The lowest BCUT2D eigenvalue weighted by atomic mass is 10.1. The first-order valence-corrected chi connectivity index (χ1v) is 9.07. The summed E-state index contributed by atoms with van der Waals surface area (Å²) in [5.74, 6) is 1.15. The van der Waals surface area contributed by atoms with Crippen molar-refractivity contribution >= 4 is 22.6 Å². The van der Waals surface area contributed by atoms with Gasteiger partial charge in [0.1, 0.15) is 5.82 Å². The molecule has 25 heavy (non-hydrogen) atoms. The minimum atomic E-state index is 0.110. The Labute approximate surface area is 150 Å². The van der Waals surface area contributed by atoms with Gasteiger partial charge in [-0.05, 0) is 51.5 Å². The van der Waals surface area contributed by atoms with Gasteiger partial charge in [0, 0.05) is 37.6 Å². The topological polar surface area (TPSA) is 48.5 Å². The van der Waals surface area contributed by atoms with Gasteiger partial charge in [0.05, 0.1) is 12.1 Å². The van der Waals surface area contributed by atoms with Gasteiger partial charge in [-0.15, -0.1) is 0 Å². The molecule has 0 unspecified atom stereocenters. The Morgan fingerprint density at radius 1 is 1.16 bits per heavy atom. The van der Waals surface area contributed by atoms with Gasteiger partial charge in [0.25, 0.3) is 0 Å². The summed E-state index contributed by atoms with van der Waals surface area (Å²) >= 11 is 0. The van der Waals surface area contributed by atoms with Gasteiger partial charge < -0.3 is 10.2 Å². The van der Waals surface area contributed by atoms with Crippen molar-refractivity contribution in [3.8, 4) is 0 Å². The summed E-state index contributed by atoms with van der Waals surface area (Å²) < 4.78 is 0. The molecule has 0 radical (unpaired) electrons. The van der Waals surface area contributed by atoms with E-state index in [1.165, 1.54) is 16.5 Å². The zero-order chi connectivity index (χ0) is 18.0.